The maximum atomic E-state index is 11.2. The molecule has 1 unspecified atom stereocenters. The Morgan fingerprint density at radius 2 is 2.00 bits per heavy atom. The van der Waals surface area contributed by atoms with Gasteiger partial charge in [0.2, 0.25) is 0 Å². The van der Waals surface area contributed by atoms with Crippen LogP contribution >= 0.6 is 0 Å². The summed E-state index contributed by atoms with van der Waals surface area (Å²) >= 11 is 0. The van der Waals surface area contributed by atoms with Crippen molar-refractivity contribution in [3.05, 3.63) is 37.3 Å². The number of nitrogens with one attached hydrogen (secondary N) is 2. The molecule has 1 atom stereocenters. The van der Waals surface area contributed by atoms with Gasteiger partial charge in [-0.05, 0) is 26.0 Å². The topological polar surface area (TPSA) is 41.1 Å². The quantitative estimate of drug-likeness (QED) is 0.713. The minimum absolute atomic E-state index is 0.0938. The molecule has 0 saturated heterocycles. The lowest BCUT2D eigenvalue weighted by molar-refractivity contribution is 0.251. The molecule has 0 aliphatic rings. The van der Waals surface area contributed by atoms with E-state index in [4.69, 9.17) is 0 Å². The predicted octanol–water partition coefficient (Wildman–Crippen LogP) is 2.03. The number of hydrogen-bond acceptors (Lipinski definition) is 1. The summed E-state index contributed by atoms with van der Waals surface area (Å²) in [4.78, 5) is 11.2. The van der Waals surface area contributed by atoms with Crippen molar-refractivity contribution in [1.29, 1.82) is 0 Å². The molecule has 3 nitrogen and oxygen atoms in total. The van der Waals surface area contributed by atoms with Crippen molar-refractivity contribution in [1.82, 2.24) is 5.32 Å². The van der Waals surface area contributed by atoms with E-state index in [-0.39, 0.29) is 12.1 Å². The monoisotopic (exact) mass is 177 g/mol. The second kappa shape index (κ2) is 4.50. The molecule has 2 amide bonds. The third-order valence-corrected chi connectivity index (χ3v) is 1.41. The third kappa shape index (κ3) is 3.60. The Morgan fingerprint density at radius 1 is 1.38 bits per heavy atom. The van der Waals surface area contributed by atoms with Gasteiger partial charge in [0.25, 0.3) is 0 Å². The molecule has 0 heterocycles. The van der Waals surface area contributed by atoms with Crippen LogP contribution in [0.3, 0.4) is 0 Å². The lowest BCUT2D eigenvalue weighted by Gasteiger charge is -2.09. The molecule has 2 N–H and O–H groups in total. The Kier molecular flexibility index (Phi) is 3.31. The Bertz CT molecular complexity index is 270. The maximum absolute atomic E-state index is 11.2. The van der Waals surface area contributed by atoms with Crippen molar-refractivity contribution < 1.29 is 4.79 Å². The first-order chi connectivity index (χ1) is 6.18. The SMILES string of the molecule is [CH2]C(C)NC(=O)Nc1ccccc1. The molecule has 0 bridgehead atoms. The number of carbonyl (C=O) groups is 1. The number of amides is 2. The van der Waals surface area contributed by atoms with E-state index >= 15 is 0 Å². The van der Waals surface area contributed by atoms with Crippen LogP contribution in [0.1, 0.15) is 6.92 Å². The summed E-state index contributed by atoms with van der Waals surface area (Å²) in [6, 6.07) is 8.96. The van der Waals surface area contributed by atoms with E-state index < -0.39 is 0 Å². The first kappa shape index (κ1) is 9.58. The van der Waals surface area contributed by atoms with Crippen molar-refractivity contribution in [3.8, 4) is 0 Å². The van der Waals surface area contributed by atoms with Crippen molar-refractivity contribution >= 4 is 11.7 Å². The number of anilines is 1. The highest BCUT2D eigenvalue weighted by atomic mass is 16.2. The van der Waals surface area contributed by atoms with Crippen molar-refractivity contribution in [2.24, 2.45) is 0 Å². The van der Waals surface area contributed by atoms with Crippen molar-refractivity contribution in [2.45, 2.75) is 13.0 Å². The normalized spacial score (nSPS) is 9.77. The van der Waals surface area contributed by atoms with E-state index in [9.17, 15) is 4.79 Å². The van der Waals surface area contributed by atoms with E-state index in [1.54, 1.807) is 0 Å². The van der Waals surface area contributed by atoms with Gasteiger partial charge in [0.1, 0.15) is 0 Å². The molecule has 1 radical (unpaired) electrons. The van der Waals surface area contributed by atoms with Crippen LogP contribution in [0.15, 0.2) is 30.3 Å². The van der Waals surface area contributed by atoms with E-state index in [2.05, 4.69) is 17.6 Å². The van der Waals surface area contributed by atoms with Gasteiger partial charge in [0.15, 0.2) is 0 Å². The standard InChI is InChI=1S/C10H13N2O/c1-8(2)11-10(13)12-9-6-4-3-5-7-9/h3-8H,1H2,2H3,(H2,11,12,13). The number of urea groups is 1. The van der Waals surface area contributed by atoms with Crippen LogP contribution in [-0.2, 0) is 0 Å². The smallest absolute Gasteiger partial charge is 0.319 e. The molecule has 1 rings (SSSR count). The zero-order chi connectivity index (χ0) is 9.68. The first-order valence-electron chi connectivity index (χ1n) is 4.14. The predicted molar refractivity (Wildman–Crippen MR) is 53.4 cm³/mol. The molecular formula is C10H13N2O. The summed E-state index contributed by atoms with van der Waals surface area (Å²) in [6.45, 7) is 5.46. The third-order valence-electron chi connectivity index (χ3n) is 1.41. The summed E-state index contributed by atoms with van der Waals surface area (Å²) in [5.41, 5.74) is 0.778. The van der Waals surface area contributed by atoms with Crippen LogP contribution in [0.25, 0.3) is 0 Å². The fraction of sp³-hybridized carbons (Fsp3) is 0.200. The van der Waals surface area contributed by atoms with Crippen LogP contribution in [0.4, 0.5) is 10.5 Å². The van der Waals surface area contributed by atoms with Gasteiger partial charge in [-0.1, -0.05) is 18.2 Å². The zero-order valence-electron chi connectivity index (χ0n) is 7.58. The van der Waals surface area contributed by atoms with Crippen LogP contribution in [0, 0.1) is 6.92 Å². The summed E-state index contributed by atoms with van der Waals surface area (Å²) < 4.78 is 0. The molecule has 1 aromatic rings. The summed E-state index contributed by atoms with van der Waals surface area (Å²) in [7, 11) is 0. The average molecular weight is 177 g/mol. The van der Waals surface area contributed by atoms with Crippen LogP contribution in [0.2, 0.25) is 0 Å². The molecule has 69 valence electrons. The lowest BCUT2D eigenvalue weighted by atomic mass is 10.3. The van der Waals surface area contributed by atoms with Crippen molar-refractivity contribution in [3.63, 3.8) is 0 Å². The van der Waals surface area contributed by atoms with Gasteiger partial charge in [-0.25, -0.2) is 4.79 Å². The number of para-hydroxylation sites is 1. The van der Waals surface area contributed by atoms with Gasteiger partial charge >= 0.3 is 6.03 Å². The Labute approximate surface area is 78.2 Å². The molecule has 0 fully saturated rings. The van der Waals surface area contributed by atoms with E-state index in [1.807, 2.05) is 37.3 Å². The zero-order valence-corrected chi connectivity index (χ0v) is 7.58. The largest absolute Gasteiger partial charge is 0.335 e. The minimum atomic E-state index is -0.228. The lowest BCUT2D eigenvalue weighted by Crippen LogP contribution is -2.34. The van der Waals surface area contributed by atoms with Gasteiger partial charge in [0, 0.05) is 11.7 Å². The highest BCUT2D eigenvalue weighted by Crippen LogP contribution is 2.03. The second-order valence-electron chi connectivity index (χ2n) is 2.87. The summed E-state index contributed by atoms with van der Waals surface area (Å²) in [5, 5.41) is 5.31. The van der Waals surface area contributed by atoms with E-state index in [0.717, 1.165) is 5.69 Å². The fourth-order valence-corrected chi connectivity index (χ4v) is 0.912. The molecule has 0 spiro atoms. The Balaban J connectivity index is 2.46. The number of carbonyl (C=O) groups excluding carboxylic acids is 1. The van der Waals surface area contributed by atoms with Gasteiger partial charge in [0.05, 0.1) is 0 Å². The van der Waals surface area contributed by atoms with Gasteiger partial charge in [-0.2, -0.15) is 0 Å². The maximum Gasteiger partial charge on any atom is 0.319 e. The van der Waals surface area contributed by atoms with Gasteiger partial charge < -0.3 is 10.6 Å². The van der Waals surface area contributed by atoms with Crippen LogP contribution in [0.5, 0.6) is 0 Å². The molecule has 0 aliphatic carbocycles. The first-order valence-corrected chi connectivity index (χ1v) is 4.14. The summed E-state index contributed by atoms with van der Waals surface area (Å²) in [6.07, 6.45) is 0. The summed E-state index contributed by atoms with van der Waals surface area (Å²) in [5.74, 6) is 0. The van der Waals surface area contributed by atoms with Gasteiger partial charge in [-0.15, -0.1) is 0 Å². The molecule has 0 aromatic heterocycles. The molecule has 3 heteroatoms. The minimum Gasteiger partial charge on any atom is -0.335 e. The number of rotatable bonds is 2. The fourth-order valence-electron chi connectivity index (χ4n) is 0.912. The molecule has 0 saturated carbocycles. The Hall–Kier alpha value is -1.51. The highest BCUT2D eigenvalue weighted by molar-refractivity contribution is 5.89. The van der Waals surface area contributed by atoms with E-state index in [0.29, 0.717) is 0 Å². The highest BCUT2D eigenvalue weighted by Gasteiger charge is 2.01. The Morgan fingerprint density at radius 3 is 2.54 bits per heavy atom. The second-order valence-corrected chi connectivity index (χ2v) is 2.87. The average Bonchev–Trinajstić information content (AvgIpc) is 2.04. The van der Waals surface area contributed by atoms with Crippen LogP contribution < -0.4 is 10.6 Å². The number of benzene rings is 1. The molecular weight excluding hydrogens is 164 g/mol. The van der Waals surface area contributed by atoms with Crippen molar-refractivity contribution in [2.75, 3.05) is 5.32 Å². The van der Waals surface area contributed by atoms with Crippen LogP contribution in [-0.4, -0.2) is 12.1 Å². The molecule has 1 aromatic carbocycles. The van der Waals surface area contributed by atoms with E-state index in [1.165, 1.54) is 0 Å². The number of hydrogen-bond donors (Lipinski definition) is 2. The molecule has 0 aliphatic heterocycles. The molecule has 13 heavy (non-hydrogen) atoms. The van der Waals surface area contributed by atoms with Gasteiger partial charge in [-0.3, -0.25) is 0 Å².